The van der Waals surface area contributed by atoms with E-state index in [1.807, 2.05) is 0 Å². The molecule has 0 radical (unpaired) electrons. The molecule has 0 saturated carbocycles. The van der Waals surface area contributed by atoms with Gasteiger partial charge in [-0.05, 0) is 205 Å². The molecule has 2 unspecified atom stereocenters. The molecule has 2 aliphatic heterocycles. The van der Waals surface area contributed by atoms with Gasteiger partial charge in [-0.3, -0.25) is 0 Å². The van der Waals surface area contributed by atoms with Gasteiger partial charge in [0.15, 0.2) is 0 Å². The topological polar surface area (TPSA) is 403 Å². The minimum Gasteiger partial charge on any atom is -0.508 e. The Bertz CT molecular complexity index is 6450. The predicted octanol–water partition coefficient (Wildman–Crippen LogP) is 17.9. The summed E-state index contributed by atoms with van der Waals surface area (Å²) in [5.41, 5.74) is 6.21. The van der Waals surface area contributed by atoms with Crippen molar-refractivity contribution in [2.24, 2.45) is 0 Å². The van der Waals surface area contributed by atoms with Crippen molar-refractivity contribution in [3.8, 4) is 121 Å². The highest BCUT2D eigenvalue weighted by Gasteiger charge is 2.61. The summed E-state index contributed by atoms with van der Waals surface area (Å²) in [7, 11) is 0. The lowest BCUT2D eigenvalue weighted by molar-refractivity contribution is 0.218. The van der Waals surface area contributed by atoms with Crippen molar-refractivity contribution >= 4 is 0 Å². The lowest BCUT2D eigenvalue weighted by Crippen LogP contribution is -2.21. The van der Waals surface area contributed by atoms with E-state index in [1.54, 1.807) is 91.0 Å². The maximum absolute atomic E-state index is 15.8. The number of phenolic OH excluding ortho intramolecular Hbond substituents is 19. The molecular weight excluding hydrogens is 1510 g/mol. The number of ether oxygens (including phenoxy) is 2. The number of fused-ring (bicyclic) bond motifs is 4. The van der Waals surface area contributed by atoms with Crippen LogP contribution in [0.2, 0.25) is 0 Å². The normalized spacial score (nSPS) is 22.1. The third-order valence-electron chi connectivity index (χ3n) is 25.6. The average Bonchev–Trinajstić information content (AvgIpc) is 1.50. The highest BCUT2D eigenvalue weighted by Crippen LogP contribution is 2.76. The molecule has 592 valence electrons. The van der Waals surface area contributed by atoms with E-state index in [0.717, 1.165) is 24.3 Å². The second-order valence-electron chi connectivity index (χ2n) is 32.1. The summed E-state index contributed by atoms with van der Waals surface area (Å²) >= 11 is 0. The lowest BCUT2D eigenvalue weighted by atomic mass is 9.67. The number of phenols is 19. The quantitative estimate of drug-likeness (QED) is 0.0540. The summed E-state index contributed by atoms with van der Waals surface area (Å²) in [5.74, 6) is -20.6. The zero-order valence-corrected chi connectivity index (χ0v) is 62.6. The van der Waals surface area contributed by atoms with Crippen molar-refractivity contribution in [2.45, 2.75) is 83.2 Å². The van der Waals surface area contributed by atoms with Gasteiger partial charge in [0.05, 0.1) is 11.8 Å². The molecule has 19 N–H and O–H groups in total. The Morgan fingerprint density at radius 2 is 0.555 bits per heavy atom. The van der Waals surface area contributed by atoms with Gasteiger partial charge in [0.2, 0.25) is 0 Å². The first-order chi connectivity index (χ1) is 57.3. The van der Waals surface area contributed by atoms with Crippen molar-refractivity contribution in [3.05, 3.63) is 371 Å². The molecule has 0 spiro atoms. The molecule has 119 heavy (non-hydrogen) atoms. The van der Waals surface area contributed by atoms with Crippen molar-refractivity contribution in [3.63, 3.8) is 0 Å². The Balaban J connectivity index is 0.991. The standard InChI is InChI=1S/C98H74O21/c99-51-15-1-42(2-16-51)73-78(49-29-58(106)33-59(107)30-49)86-70(115)41-71(116)87-83(65-35-62(110)38-68(113)80(65)74(88(73)90(86)87)43-3-17-52(100)18-4-43)77(46-9-23-55(103)24-10-46)94-95(117)92-84(67-37-64(112)40-72-82(67)79(50-31-60(108)34-61(109)32-50)96(118-72)47-11-25-56(104)26-12-47)76(45-7-21-54(102)22-8-45)89-75(44-5-19-53(101)20-6-44)81-66(36-63(111)39-69(81)114)85-93(91(89)92)98(94)119-97(85)48-13-27-57(105)28-14-48/h1-41,73-79,83-85,88-89,96-97,99-117H/t73-,74+,75+,76+,77+,78-,79-,83?,84?,85+,88+,89-,96+,97-/m1/s1. The summed E-state index contributed by atoms with van der Waals surface area (Å²) in [6, 6.07) is 61.5. The SMILES string of the molecule is Oc1ccc([C@H](c2c(O)c3c4c5c2O[C@H](c2ccc(O)cc2)[C@H]5c2cc(O)cc(O)c2[C@H](c2ccc(O)cc2)[C@@H]4[C@@H](c2ccc(O)cc2)C3c2cc(O)cc3c2[C@@H](c2cc(O)cc(O)c2)[C@H](c2ccc(O)cc2)O3)C2c3cc(O)cc(O)c3[C@H](c3ccc(O)cc3)[C@H]3c4c2c(O)cc(O)c4[C@H](c2cc(O)cc(O)c2)[C@H]3c2ccc(O)cc2)cc1. The van der Waals surface area contributed by atoms with Crippen LogP contribution in [0.15, 0.2) is 249 Å². The fourth-order valence-electron chi connectivity index (χ4n) is 21.5. The van der Waals surface area contributed by atoms with Gasteiger partial charge in [-0.2, -0.15) is 0 Å². The summed E-state index contributed by atoms with van der Waals surface area (Å²) < 4.78 is 15.1. The van der Waals surface area contributed by atoms with E-state index >= 15 is 5.11 Å². The largest absolute Gasteiger partial charge is 0.508 e. The molecule has 0 fully saturated rings. The summed E-state index contributed by atoms with van der Waals surface area (Å²) in [6.07, 6.45) is -2.37. The van der Waals surface area contributed by atoms with Crippen molar-refractivity contribution in [1.82, 2.24) is 0 Å². The van der Waals surface area contributed by atoms with Crippen molar-refractivity contribution in [1.29, 1.82) is 0 Å². The molecule has 14 aromatic rings. The van der Waals surface area contributed by atoms with Crippen LogP contribution >= 0.6 is 0 Å². The summed E-state index contributed by atoms with van der Waals surface area (Å²) in [5, 5.41) is 234. The van der Waals surface area contributed by atoms with E-state index in [4.69, 9.17) is 9.47 Å². The van der Waals surface area contributed by atoms with Gasteiger partial charge in [-0.25, -0.2) is 0 Å². The Labute approximate surface area is 678 Å². The Kier molecular flexibility index (Phi) is 16.5. The number of rotatable bonds is 12. The summed E-state index contributed by atoms with van der Waals surface area (Å²) in [4.78, 5) is 0. The van der Waals surface area contributed by atoms with Crippen molar-refractivity contribution in [2.75, 3.05) is 0 Å². The average molecular weight is 1590 g/mol. The first kappa shape index (κ1) is 72.8. The van der Waals surface area contributed by atoms with E-state index < -0.39 is 118 Å². The van der Waals surface area contributed by atoms with Crippen LogP contribution in [-0.4, -0.2) is 97.0 Å². The zero-order valence-electron chi connectivity index (χ0n) is 62.6. The molecular formula is C98H74O21. The van der Waals surface area contributed by atoms with Crippen LogP contribution in [0.3, 0.4) is 0 Å². The van der Waals surface area contributed by atoms with Crippen LogP contribution < -0.4 is 9.47 Å². The van der Waals surface area contributed by atoms with E-state index in [-0.39, 0.29) is 147 Å². The molecule has 21 nitrogen and oxygen atoms in total. The molecule has 4 aliphatic carbocycles. The number of benzene rings is 14. The lowest BCUT2D eigenvalue weighted by Gasteiger charge is -2.35. The summed E-state index contributed by atoms with van der Waals surface area (Å²) in [6.45, 7) is 0. The minimum atomic E-state index is -1.61. The smallest absolute Gasteiger partial charge is 0.135 e. The molecule has 0 bridgehead atoms. The van der Waals surface area contributed by atoms with Gasteiger partial charge in [0.1, 0.15) is 133 Å². The minimum absolute atomic E-state index is 0.0241. The monoisotopic (exact) mass is 1590 g/mol. The van der Waals surface area contributed by atoms with E-state index in [2.05, 4.69) is 0 Å². The van der Waals surface area contributed by atoms with Gasteiger partial charge in [-0.1, -0.05) is 84.9 Å². The molecule has 0 saturated heterocycles. The van der Waals surface area contributed by atoms with E-state index in [1.165, 1.54) is 133 Å². The molecule has 0 amide bonds. The molecule has 6 aliphatic rings. The molecule has 14 aromatic carbocycles. The fourth-order valence-corrected chi connectivity index (χ4v) is 21.5. The molecule has 14 atom stereocenters. The highest BCUT2D eigenvalue weighted by molar-refractivity contribution is 5.80. The molecule has 0 aromatic heterocycles. The Morgan fingerprint density at radius 3 is 1.03 bits per heavy atom. The third-order valence-corrected chi connectivity index (χ3v) is 25.6. The van der Waals surface area contributed by atoms with Gasteiger partial charge >= 0.3 is 0 Å². The fraction of sp³-hybridized carbons (Fsp3) is 0.143. The molecule has 20 rings (SSSR count). The Hall–Kier alpha value is -15.1. The first-order valence-corrected chi connectivity index (χ1v) is 38.7. The maximum atomic E-state index is 15.8. The Morgan fingerprint density at radius 1 is 0.210 bits per heavy atom. The van der Waals surface area contributed by atoms with Crippen LogP contribution in [0, 0.1) is 0 Å². The molecule has 21 heteroatoms. The van der Waals surface area contributed by atoms with Crippen molar-refractivity contribution < 1.29 is 106 Å². The third kappa shape index (κ3) is 11.4. The molecule has 2 heterocycles. The second-order valence-corrected chi connectivity index (χ2v) is 32.1. The van der Waals surface area contributed by atoms with Gasteiger partial charge < -0.3 is 106 Å². The first-order valence-electron chi connectivity index (χ1n) is 38.7. The van der Waals surface area contributed by atoms with E-state index in [0.29, 0.717) is 61.2 Å². The van der Waals surface area contributed by atoms with Crippen LogP contribution in [0.4, 0.5) is 0 Å². The van der Waals surface area contributed by atoms with Gasteiger partial charge in [0.25, 0.3) is 0 Å². The van der Waals surface area contributed by atoms with Gasteiger partial charge in [0, 0.05) is 140 Å². The highest BCUT2D eigenvalue weighted by atomic mass is 16.5. The van der Waals surface area contributed by atoms with Crippen LogP contribution in [0.5, 0.6) is 121 Å². The number of aromatic hydroxyl groups is 19. The number of hydrogen-bond donors (Lipinski definition) is 19. The second kappa shape index (κ2) is 27.0. The maximum Gasteiger partial charge on any atom is 0.135 e. The zero-order chi connectivity index (χ0) is 82.3. The predicted molar refractivity (Wildman–Crippen MR) is 434 cm³/mol. The van der Waals surface area contributed by atoms with Gasteiger partial charge in [-0.15, -0.1) is 0 Å². The van der Waals surface area contributed by atoms with E-state index in [9.17, 15) is 91.9 Å². The van der Waals surface area contributed by atoms with Crippen LogP contribution in [-0.2, 0) is 0 Å². The van der Waals surface area contributed by atoms with Crippen LogP contribution in [0.25, 0.3) is 0 Å². The van der Waals surface area contributed by atoms with Crippen LogP contribution in [0.1, 0.15) is 206 Å². The number of hydrogen-bond acceptors (Lipinski definition) is 21.